The number of nitrogens with zero attached hydrogens (tertiary/aromatic N) is 2. The lowest BCUT2D eigenvalue weighted by Gasteiger charge is -2.15. The number of thiocarbonyl (C=S) groups is 1. The summed E-state index contributed by atoms with van der Waals surface area (Å²) in [6.07, 6.45) is 3.54. The van der Waals surface area contributed by atoms with Crippen molar-refractivity contribution >= 4 is 68.6 Å². The van der Waals surface area contributed by atoms with Crippen molar-refractivity contribution in [2.75, 3.05) is 19.1 Å². The zero-order chi connectivity index (χ0) is 23.4. The van der Waals surface area contributed by atoms with Gasteiger partial charge in [-0.05, 0) is 82.8 Å². The van der Waals surface area contributed by atoms with Crippen LogP contribution in [0.3, 0.4) is 0 Å². The van der Waals surface area contributed by atoms with Crippen molar-refractivity contribution in [2.24, 2.45) is 0 Å². The highest BCUT2D eigenvalue weighted by molar-refractivity contribution is 14.1. The number of benzene rings is 2. The van der Waals surface area contributed by atoms with Crippen LogP contribution in [0.15, 0.2) is 65.7 Å². The van der Waals surface area contributed by atoms with Gasteiger partial charge in [-0.25, -0.2) is 0 Å². The fraction of sp³-hybridized carbons (Fsp3) is 0.125. The number of rotatable bonds is 7. The molecule has 2 aromatic carbocycles. The Morgan fingerprint density at radius 2 is 1.91 bits per heavy atom. The summed E-state index contributed by atoms with van der Waals surface area (Å²) in [5.41, 5.74) is 2.34. The Morgan fingerprint density at radius 3 is 2.58 bits per heavy atom. The molecule has 6 nitrogen and oxygen atoms in total. The van der Waals surface area contributed by atoms with Crippen LogP contribution in [0.1, 0.15) is 11.3 Å². The summed E-state index contributed by atoms with van der Waals surface area (Å²) in [6.45, 7) is 0.326. The average molecular weight is 590 g/mol. The first-order valence-electron chi connectivity index (χ1n) is 9.82. The summed E-state index contributed by atoms with van der Waals surface area (Å²) < 4.78 is 18.1. The van der Waals surface area contributed by atoms with Crippen molar-refractivity contribution in [3.05, 3.63) is 80.5 Å². The minimum Gasteiger partial charge on any atom is -0.497 e. The highest BCUT2D eigenvalue weighted by atomic mass is 127. The highest BCUT2D eigenvalue weighted by Crippen LogP contribution is 2.39. The van der Waals surface area contributed by atoms with E-state index in [1.807, 2.05) is 48.5 Å². The maximum atomic E-state index is 13.1. The molecular weight excluding hydrogens is 571 g/mol. The van der Waals surface area contributed by atoms with Gasteiger partial charge in [-0.3, -0.25) is 14.7 Å². The van der Waals surface area contributed by atoms with Crippen LogP contribution in [-0.4, -0.2) is 29.4 Å². The topological polar surface area (TPSA) is 60.9 Å². The molecule has 2 heterocycles. The van der Waals surface area contributed by atoms with E-state index in [2.05, 4.69) is 27.6 Å². The SMILES string of the molecule is COc1ccc(N2C(=O)/C(=C\c3cc(I)c(OCc4ccccn4)c(OC)c3)SC2=S)cc1. The Kier molecular flexibility index (Phi) is 7.51. The van der Waals surface area contributed by atoms with Crippen LogP contribution in [0.5, 0.6) is 17.2 Å². The third-order valence-electron chi connectivity index (χ3n) is 4.76. The molecule has 33 heavy (non-hydrogen) atoms. The lowest BCUT2D eigenvalue weighted by atomic mass is 10.1. The van der Waals surface area contributed by atoms with Crippen LogP contribution in [0.4, 0.5) is 5.69 Å². The summed E-state index contributed by atoms with van der Waals surface area (Å²) in [6, 6.07) is 16.7. The number of ether oxygens (including phenoxy) is 3. The monoisotopic (exact) mass is 590 g/mol. The first kappa shape index (κ1) is 23.5. The molecule has 0 atom stereocenters. The van der Waals surface area contributed by atoms with Gasteiger partial charge < -0.3 is 14.2 Å². The maximum absolute atomic E-state index is 13.1. The smallest absolute Gasteiger partial charge is 0.270 e. The number of hydrogen-bond acceptors (Lipinski definition) is 7. The Balaban J connectivity index is 1.57. The average Bonchev–Trinajstić information content (AvgIpc) is 3.11. The molecule has 1 amide bonds. The second-order valence-electron chi connectivity index (χ2n) is 6.86. The Labute approximate surface area is 215 Å². The van der Waals surface area contributed by atoms with E-state index in [0.717, 1.165) is 14.8 Å². The van der Waals surface area contributed by atoms with Crippen LogP contribution in [0.2, 0.25) is 0 Å². The van der Waals surface area contributed by atoms with Crippen molar-refractivity contribution in [3.63, 3.8) is 0 Å². The number of carbonyl (C=O) groups is 1. The van der Waals surface area contributed by atoms with Gasteiger partial charge in [0, 0.05) is 6.20 Å². The van der Waals surface area contributed by atoms with Gasteiger partial charge in [-0.15, -0.1) is 0 Å². The molecule has 9 heteroatoms. The van der Waals surface area contributed by atoms with Gasteiger partial charge in [0.25, 0.3) is 5.91 Å². The second-order valence-corrected chi connectivity index (χ2v) is 9.70. The number of carbonyl (C=O) groups excluding carboxylic acids is 1. The number of methoxy groups -OCH3 is 2. The molecular formula is C24H19IN2O4S2. The van der Waals surface area contributed by atoms with Crippen molar-refractivity contribution < 1.29 is 19.0 Å². The number of amides is 1. The van der Waals surface area contributed by atoms with Gasteiger partial charge >= 0.3 is 0 Å². The van der Waals surface area contributed by atoms with E-state index in [0.29, 0.717) is 38.8 Å². The van der Waals surface area contributed by atoms with Crippen LogP contribution < -0.4 is 19.1 Å². The molecule has 1 aromatic heterocycles. The zero-order valence-electron chi connectivity index (χ0n) is 17.8. The molecule has 1 saturated heterocycles. The number of aromatic nitrogens is 1. The summed E-state index contributed by atoms with van der Waals surface area (Å²) in [4.78, 5) is 19.4. The van der Waals surface area contributed by atoms with Gasteiger partial charge in [0.15, 0.2) is 15.8 Å². The lowest BCUT2D eigenvalue weighted by Crippen LogP contribution is -2.27. The van der Waals surface area contributed by atoms with E-state index in [1.54, 1.807) is 32.5 Å². The lowest BCUT2D eigenvalue weighted by molar-refractivity contribution is -0.113. The molecule has 1 fully saturated rings. The number of halogens is 1. The largest absolute Gasteiger partial charge is 0.497 e. The highest BCUT2D eigenvalue weighted by Gasteiger charge is 2.33. The van der Waals surface area contributed by atoms with Crippen LogP contribution in [0, 0.1) is 3.57 Å². The summed E-state index contributed by atoms with van der Waals surface area (Å²) in [5, 5.41) is 0. The minimum absolute atomic E-state index is 0.167. The standard InChI is InChI=1S/C24H19IN2O4S2/c1-29-18-8-6-17(7-9-18)27-23(28)21(33-24(27)32)13-15-11-19(25)22(20(12-15)30-2)31-14-16-5-3-4-10-26-16/h3-13H,14H2,1-2H3/b21-13+. The Hall–Kier alpha value is -2.63. The minimum atomic E-state index is -0.167. The van der Waals surface area contributed by atoms with Gasteiger partial charge in [0.2, 0.25) is 0 Å². The number of anilines is 1. The Morgan fingerprint density at radius 1 is 1.12 bits per heavy atom. The van der Waals surface area contributed by atoms with E-state index < -0.39 is 0 Å². The van der Waals surface area contributed by atoms with Gasteiger partial charge in [0.05, 0.1) is 34.1 Å². The van der Waals surface area contributed by atoms with Crippen molar-refractivity contribution in [1.82, 2.24) is 4.98 Å². The third kappa shape index (κ3) is 5.31. The van der Waals surface area contributed by atoms with Crippen LogP contribution in [0.25, 0.3) is 6.08 Å². The number of thioether (sulfide) groups is 1. The molecule has 168 valence electrons. The van der Waals surface area contributed by atoms with Gasteiger partial charge in [-0.1, -0.05) is 30.0 Å². The third-order valence-corrected chi connectivity index (χ3v) is 6.87. The molecule has 0 N–H and O–H groups in total. The summed E-state index contributed by atoms with van der Waals surface area (Å²) >= 11 is 8.94. The molecule has 4 rings (SSSR count). The zero-order valence-corrected chi connectivity index (χ0v) is 21.6. The van der Waals surface area contributed by atoms with Crippen LogP contribution >= 0.6 is 46.6 Å². The summed E-state index contributed by atoms with van der Waals surface area (Å²) in [5.74, 6) is 1.76. The van der Waals surface area contributed by atoms with E-state index in [1.165, 1.54) is 16.7 Å². The van der Waals surface area contributed by atoms with E-state index in [-0.39, 0.29) is 5.91 Å². The molecule has 1 aliphatic heterocycles. The number of pyridine rings is 1. The van der Waals surface area contributed by atoms with Crippen molar-refractivity contribution in [1.29, 1.82) is 0 Å². The molecule has 0 aliphatic carbocycles. The molecule has 1 aliphatic rings. The molecule has 0 bridgehead atoms. The van der Waals surface area contributed by atoms with E-state index in [4.69, 9.17) is 26.4 Å². The van der Waals surface area contributed by atoms with E-state index in [9.17, 15) is 4.79 Å². The molecule has 0 saturated carbocycles. The fourth-order valence-electron chi connectivity index (χ4n) is 3.17. The Bertz CT molecular complexity index is 1220. The quantitative estimate of drug-likeness (QED) is 0.199. The predicted octanol–water partition coefficient (Wildman–Crippen LogP) is 5.69. The van der Waals surface area contributed by atoms with Gasteiger partial charge in [-0.2, -0.15) is 0 Å². The van der Waals surface area contributed by atoms with Gasteiger partial charge in [0.1, 0.15) is 12.4 Å². The van der Waals surface area contributed by atoms with E-state index >= 15 is 0 Å². The normalized spacial score (nSPS) is 14.6. The predicted molar refractivity (Wildman–Crippen MR) is 143 cm³/mol. The number of hydrogen-bond donors (Lipinski definition) is 0. The second kappa shape index (κ2) is 10.5. The summed E-state index contributed by atoms with van der Waals surface area (Å²) in [7, 11) is 3.19. The van der Waals surface area contributed by atoms with Crippen LogP contribution in [-0.2, 0) is 11.4 Å². The fourth-order valence-corrected chi connectivity index (χ4v) is 5.25. The molecule has 0 radical (unpaired) electrons. The molecule has 0 unspecified atom stereocenters. The molecule has 3 aromatic rings. The maximum Gasteiger partial charge on any atom is 0.270 e. The first-order valence-corrected chi connectivity index (χ1v) is 12.1. The van der Waals surface area contributed by atoms with Crippen molar-refractivity contribution in [3.8, 4) is 17.2 Å². The van der Waals surface area contributed by atoms with Crippen molar-refractivity contribution in [2.45, 2.75) is 6.61 Å². The first-order chi connectivity index (χ1) is 16.0. The molecule has 0 spiro atoms.